The second kappa shape index (κ2) is 7.85. The molecule has 0 saturated carbocycles. The summed E-state index contributed by atoms with van der Waals surface area (Å²) in [7, 11) is 5.51. The number of imidazole rings is 1. The number of ether oxygens (including phenoxy) is 1. The van der Waals surface area contributed by atoms with E-state index in [4.69, 9.17) is 9.72 Å². The van der Waals surface area contributed by atoms with E-state index in [9.17, 15) is 4.39 Å². The fraction of sp³-hybridized carbons (Fsp3) is 0.120. The van der Waals surface area contributed by atoms with Crippen LogP contribution < -0.4 is 10.1 Å². The average molecular weight is 427 g/mol. The van der Waals surface area contributed by atoms with E-state index < -0.39 is 0 Å². The van der Waals surface area contributed by atoms with E-state index in [1.165, 1.54) is 12.1 Å². The molecule has 0 unspecified atom stereocenters. The van der Waals surface area contributed by atoms with Crippen LogP contribution in [0.15, 0.2) is 73.1 Å². The van der Waals surface area contributed by atoms with Crippen molar-refractivity contribution in [3.63, 3.8) is 0 Å². The highest BCUT2D eigenvalue weighted by Crippen LogP contribution is 2.35. The number of fused-ring (bicyclic) bond motifs is 1. The van der Waals surface area contributed by atoms with E-state index >= 15 is 0 Å². The van der Waals surface area contributed by atoms with Crippen molar-refractivity contribution in [1.29, 1.82) is 0 Å². The third kappa shape index (κ3) is 3.47. The molecule has 5 aromatic rings. The SMILES string of the molecule is COc1cc(Nc2cccc3c2nc(-c2ccc(F)cc2)n3C)ccc1-c1cnn(C)c1. The summed E-state index contributed by atoms with van der Waals surface area (Å²) >= 11 is 0. The van der Waals surface area contributed by atoms with Crippen molar-refractivity contribution in [1.82, 2.24) is 19.3 Å². The Morgan fingerprint density at radius 1 is 0.969 bits per heavy atom. The first-order chi connectivity index (χ1) is 15.5. The smallest absolute Gasteiger partial charge is 0.140 e. The van der Waals surface area contributed by atoms with Gasteiger partial charge in [-0.25, -0.2) is 9.37 Å². The van der Waals surface area contributed by atoms with E-state index in [-0.39, 0.29) is 5.82 Å². The summed E-state index contributed by atoms with van der Waals surface area (Å²) in [5, 5.41) is 7.72. The maximum Gasteiger partial charge on any atom is 0.140 e. The molecule has 6 nitrogen and oxygen atoms in total. The molecule has 2 heterocycles. The van der Waals surface area contributed by atoms with Gasteiger partial charge in [0, 0.05) is 48.7 Å². The van der Waals surface area contributed by atoms with Crippen molar-refractivity contribution < 1.29 is 9.13 Å². The Kier molecular flexibility index (Phi) is 4.86. The lowest BCUT2D eigenvalue weighted by molar-refractivity contribution is 0.416. The zero-order valence-electron chi connectivity index (χ0n) is 18.0. The zero-order valence-corrected chi connectivity index (χ0v) is 18.0. The minimum atomic E-state index is -0.265. The van der Waals surface area contributed by atoms with E-state index in [1.54, 1.807) is 23.9 Å². The summed E-state index contributed by atoms with van der Waals surface area (Å²) in [5.74, 6) is 1.26. The van der Waals surface area contributed by atoms with Crippen LogP contribution in [-0.4, -0.2) is 26.4 Å². The molecule has 3 aromatic carbocycles. The van der Waals surface area contributed by atoms with Crippen molar-refractivity contribution in [2.75, 3.05) is 12.4 Å². The standard InChI is InChI=1S/C25H22FN5O/c1-30-15-17(14-27-30)20-12-11-19(13-23(20)32-3)28-21-5-4-6-22-24(21)29-25(31(22)2)16-7-9-18(26)10-8-16/h4-15,28H,1-3H3. The quantitative estimate of drug-likeness (QED) is 0.401. The molecule has 0 atom stereocenters. The number of anilines is 2. The predicted octanol–water partition coefficient (Wildman–Crippen LogP) is 5.53. The number of hydrogen-bond acceptors (Lipinski definition) is 4. The number of aromatic nitrogens is 4. The molecular weight excluding hydrogens is 405 g/mol. The molecule has 2 aromatic heterocycles. The highest BCUT2D eigenvalue weighted by Gasteiger charge is 2.14. The molecule has 0 aliphatic heterocycles. The van der Waals surface area contributed by atoms with Crippen LogP contribution in [0.4, 0.5) is 15.8 Å². The third-order valence-corrected chi connectivity index (χ3v) is 5.51. The van der Waals surface area contributed by atoms with Gasteiger partial charge in [0.1, 0.15) is 22.9 Å². The lowest BCUT2D eigenvalue weighted by Crippen LogP contribution is -1.94. The molecular formula is C25H22FN5O. The van der Waals surface area contributed by atoms with Crippen LogP contribution in [0.2, 0.25) is 0 Å². The van der Waals surface area contributed by atoms with Crippen molar-refractivity contribution >= 4 is 22.4 Å². The van der Waals surface area contributed by atoms with Crippen molar-refractivity contribution in [3.05, 3.63) is 78.9 Å². The number of benzene rings is 3. The Bertz CT molecular complexity index is 1420. The van der Waals surface area contributed by atoms with Crippen molar-refractivity contribution in [2.45, 2.75) is 0 Å². The Balaban J connectivity index is 1.53. The molecule has 32 heavy (non-hydrogen) atoms. The maximum absolute atomic E-state index is 13.4. The lowest BCUT2D eigenvalue weighted by Gasteiger charge is -2.12. The minimum Gasteiger partial charge on any atom is -0.496 e. The Morgan fingerprint density at radius 2 is 1.78 bits per heavy atom. The first-order valence-electron chi connectivity index (χ1n) is 10.2. The number of nitrogens with one attached hydrogen (secondary N) is 1. The molecule has 160 valence electrons. The molecule has 0 aliphatic carbocycles. The zero-order chi connectivity index (χ0) is 22.2. The van der Waals surface area contributed by atoms with Gasteiger partial charge in [0.25, 0.3) is 0 Å². The van der Waals surface area contributed by atoms with Crippen molar-refractivity contribution in [2.24, 2.45) is 14.1 Å². The lowest BCUT2D eigenvalue weighted by atomic mass is 10.1. The van der Waals surface area contributed by atoms with E-state index in [1.807, 2.05) is 67.5 Å². The summed E-state index contributed by atoms with van der Waals surface area (Å²) in [6.45, 7) is 0. The largest absolute Gasteiger partial charge is 0.496 e. The van der Waals surface area contributed by atoms with Gasteiger partial charge in [0.15, 0.2) is 0 Å². The van der Waals surface area contributed by atoms with Crippen LogP contribution in [0.5, 0.6) is 5.75 Å². The van der Waals surface area contributed by atoms with Gasteiger partial charge in [-0.3, -0.25) is 4.68 Å². The predicted molar refractivity (Wildman–Crippen MR) is 125 cm³/mol. The molecule has 0 saturated heterocycles. The molecule has 5 rings (SSSR count). The first kappa shape index (κ1) is 19.8. The second-order valence-corrected chi connectivity index (χ2v) is 7.62. The Morgan fingerprint density at radius 3 is 2.50 bits per heavy atom. The van der Waals surface area contributed by atoms with Gasteiger partial charge in [0.2, 0.25) is 0 Å². The normalized spacial score (nSPS) is 11.1. The summed E-state index contributed by atoms with van der Waals surface area (Å²) in [6.07, 6.45) is 3.77. The van der Waals surface area contributed by atoms with Crippen LogP contribution in [0, 0.1) is 5.82 Å². The van der Waals surface area contributed by atoms with Gasteiger partial charge in [-0.15, -0.1) is 0 Å². The van der Waals surface area contributed by atoms with Crippen LogP contribution in [0.1, 0.15) is 0 Å². The summed E-state index contributed by atoms with van der Waals surface area (Å²) in [4.78, 5) is 4.85. The number of hydrogen-bond donors (Lipinski definition) is 1. The number of rotatable bonds is 5. The molecule has 0 fully saturated rings. The van der Waals surface area contributed by atoms with Crippen LogP contribution in [0.25, 0.3) is 33.5 Å². The fourth-order valence-electron chi connectivity index (χ4n) is 3.90. The molecule has 0 amide bonds. The van der Waals surface area contributed by atoms with Crippen molar-refractivity contribution in [3.8, 4) is 28.3 Å². The highest BCUT2D eigenvalue weighted by atomic mass is 19.1. The topological polar surface area (TPSA) is 56.9 Å². The molecule has 1 N–H and O–H groups in total. The molecule has 7 heteroatoms. The molecule has 0 spiro atoms. The fourth-order valence-corrected chi connectivity index (χ4v) is 3.90. The van der Waals surface area contributed by atoms with Crippen LogP contribution in [-0.2, 0) is 14.1 Å². The molecule has 0 bridgehead atoms. The molecule has 0 aliphatic rings. The average Bonchev–Trinajstić information content (AvgIpc) is 3.38. The van der Waals surface area contributed by atoms with E-state index in [0.29, 0.717) is 0 Å². The van der Waals surface area contributed by atoms with Gasteiger partial charge < -0.3 is 14.6 Å². The second-order valence-electron chi connectivity index (χ2n) is 7.62. The van der Waals surface area contributed by atoms with Gasteiger partial charge in [-0.1, -0.05) is 6.07 Å². The van der Waals surface area contributed by atoms with E-state index in [0.717, 1.165) is 50.7 Å². The number of nitrogens with zero attached hydrogens (tertiary/aromatic N) is 4. The van der Waals surface area contributed by atoms with Gasteiger partial charge >= 0.3 is 0 Å². The van der Waals surface area contributed by atoms with Gasteiger partial charge in [-0.2, -0.15) is 5.10 Å². The number of para-hydroxylation sites is 1. The number of aryl methyl sites for hydroxylation is 2. The minimum absolute atomic E-state index is 0.265. The third-order valence-electron chi connectivity index (χ3n) is 5.51. The van der Waals surface area contributed by atoms with Crippen LogP contribution >= 0.6 is 0 Å². The van der Waals surface area contributed by atoms with Gasteiger partial charge in [0.05, 0.1) is 24.5 Å². The van der Waals surface area contributed by atoms with Crippen LogP contribution in [0.3, 0.4) is 0 Å². The van der Waals surface area contributed by atoms with E-state index in [2.05, 4.69) is 10.4 Å². The van der Waals surface area contributed by atoms with Gasteiger partial charge in [-0.05, 0) is 48.5 Å². The summed E-state index contributed by atoms with van der Waals surface area (Å²) in [6, 6.07) is 18.4. The summed E-state index contributed by atoms with van der Waals surface area (Å²) in [5.41, 5.74) is 6.41. The Labute approximate surface area is 184 Å². The molecule has 0 radical (unpaired) electrons. The maximum atomic E-state index is 13.4. The Hall–Kier alpha value is -4.13. The summed E-state index contributed by atoms with van der Waals surface area (Å²) < 4.78 is 22.8. The number of halogens is 1. The highest BCUT2D eigenvalue weighted by molar-refractivity contribution is 5.93. The first-order valence-corrected chi connectivity index (χ1v) is 10.2. The monoisotopic (exact) mass is 427 g/mol. The number of methoxy groups -OCH3 is 1.